The van der Waals surface area contributed by atoms with E-state index in [1.165, 1.54) is 19.9 Å². The van der Waals surface area contributed by atoms with Gasteiger partial charge in [-0.2, -0.15) is 4.31 Å². The van der Waals surface area contributed by atoms with E-state index in [1.807, 2.05) is 18.2 Å². The van der Waals surface area contributed by atoms with Gasteiger partial charge < -0.3 is 10.2 Å². The van der Waals surface area contributed by atoms with Crippen LogP contribution >= 0.6 is 0 Å². The van der Waals surface area contributed by atoms with Crippen molar-refractivity contribution >= 4 is 15.9 Å². The molecule has 1 aromatic carbocycles. The van der Waals surface area contributed by atoms with Crippen LogP contribution in [0.3, 0.4) is 0 Å². The predicted octanol–water partition coefficient (Wildman–Crippen LogP) is 1.86. The number of sulfonamides is 1. The number of likely N-dealkylation sites (tertiary alicyclic amines) is 1. The molecule has 1 N–H and O–H groups in total. The van der Waals surface area contributed by atoms with E-state index in [1.54, 1.807) is 12.1 Å². The number of nitrogens with zero attached hydrogens (tertiary/aromatic N) is 2. The summed E-state index contributed by atoms with van der Waals surface area (Å²) in [4.78, 5) is 15.1. The SMILES string of the molecule is CC1CCCN(CCCNC(=O)C(c2ccccc2)N(C)S(C)(=O)=O)C1. The standard InChI is InChI=1S/C19H31N3O3S/c1-16-9-7-13-22(15-16)14-8-12-20-19(23)18(21(2)26(3,24)25)17-10-5-4-6-11-17/h4-6,10-11,16,18H,7-9,12-15H2,1-3H3,(H,20,23). The van der Waals surface area contributed by atoms with Crippen molar-refractivity contribution in [3.05, 3.63) is 35.9 Å². The highest BCUT2D eigenvalue weighted by molar-refractivity contribution is 7.88. The molecule has 1 saturated heterocycles. The van der Waals surface area contributed by atoms with Crippen molar-refractivity contribution < 1.29 is 13.2 Å². The zero-order valence-electron chi connectivity index (χ0n) is 16.0. The van der Waals surface area contributed by atoms with Gasteiger partial charge in [-0.05, 0) is 43.8 Å². The lowest BCUT2D eigenvalue weighted by molar-refractivity contribution is -0.124. The third kappa shape index (κ3) is 6.07. The molecule has 146 valence electrons. The Kier molecular flexibility index (Phi) is 7.61. The van der Waals surface area contributed by atoms with Crippen molar-refractivity contribution in [2.75, 3.05) is 39.5 Å². The van der Waals surface area contributed by atoms with Gasteiger partial charge in [-0.25, -0.2) is 8.42 Å². The number of hydrogen-bond acceptors (Lipinski definition) is 4. The average molecular weight is 382 g/mol. The molecule has 1 aliphatic rings. The van der Waals surface area contributed by atoms with E-state index >= 15 is 0 Å². The summed E-state index contributed by atoms with van der Waals surface area (Å²) in [5.41, 5.74) is 0.669. The van der Waals surface area contributed by atoms with Crippen molar-refractivity contribution in [3.63, 3.8) is 0 Å². The zero-order chi connectivity index (χ0) is 19.2. The van der Waals surface area contributed by atoms with Gasteiger partial charge in [0.1, 0.15) is 6.04 Å². The normalized spacial score (nSPS) is 20.1. The Bertz CT molecular complexity index is 679. The van der Waals surface area contributed by atoms with Gasteiger partial charge >= 0.3 is 0 Å². The molecule has 2 rings (SSSR count). The molecule has 0 aliphatic carbocycles. The van der Waals surface area contributed by atoms with Gasteiger partial charge in [0.25, 0.3) is 0 Å². The highest BCUT2D eigenvalue weighted by Crippen LogP contribution is 2.22. The minimum absolute atomic E-state index is 0.281. The lowest BCUT2D eigenvalue weighted by Crippen LogP contribution is -2.42. The van der Waals surface area contributed by atoms with Crippen LogP contribution in [0.25, 0.3) is 0 Å². The average Bonchev–Trinajstić information content (AvgIpc) is 2.59. The van der Waals surface area contributed by atoms with Crippen LogP contribution in [-0.4, -0.2) is 63.0 Å². The molecule has 1 fully saturated rings. The van der Waals surface area contributed by atoms with Gasteiger partial charge in [-0.3, -0.25) is 4.79 Å². The molecule has 0 spiro atoms. The topological polar surface area (TPSA) is 69.7 Å². The molecule has 2 atom stereocenters. The molecule has 0 radical (unpaired) electrons. The van der Waals surface area contributed by atoms with Crippen molar-refractivity contribution in [1.82, 2.24) is 14.5 Å². The first-order valence-corrected chi connectivity index (χ1v) is 11.1. The van der Waals surface area contributed by atoms with Crippen molar-refractivity contribution in [2.45, 2.75) is 32.2 Å². The maximum absolute atomic E-state index is 12.7. The number of nitrogens with one attached hydrogen (secondary N) is 1. The molecule has 0 aromatic heterocycles. The Hall–Kier alpha value is -1.44. The van der Waals surface area contributed by atoms with Crippen LogP contribution in [0.2, 0.25) is 0 Å². The van der Waals surface area contributed by atoms with E-state index < -0.39 is 16.1 Å². The summed E-state index contributed by atoms with van der Waals surface area (Å²) in [6.45, 7) is 6.03. The van der Waals surface area contributed by atoms with Crippen LogP contribution in [0.1, 0.15) is 37.8 Å². The fourth-order valence-corrected chi connectivity index (χ4v) is 4.05. The number of carbonyl (C=O) groups is 1. The second-order valence-electron chi connectivity index (χ2n) is 7.29. The van der Waals surface area contributed by atoms with Crippen LogP contribution in [0, 0.1) is 5.92 Å². The monoisotopic (exact) mass is 381 g/mol. The molecule has 2 unspecified atom stereocenters. The second-order valence-corrected chi connectivity index (χ2v) is 9.33. The Labute approximate surface area is 157 Å². The fraction of sp³-hybridized carbons (Fsp3) is 0.632. The maximum Gasteiger partial charge on any atom is 0.242 e. The molecular weight excluding hydrogens is 350 g/mol. The highest BCUT2D eigenvalue weighted by Gasteiger charge is 2.30. The predicted molar refractivity (Wildman–Crippen MR) is 104 cm³/mol. The molecule has 0 bridgehead atoms. The molecule has 1 heterocycles. The first-order chi connectivity index (χ1) is 12.3. The summed E-state index contributed by atoms with van der Waals surface area (Å²) in [7, 11) is -2.04. The van der Waals surface area contributed by atoms with Gasteiger partial charge in [0.15, 0.2) is 0 Å². The summed E-state index contributed by atoms with van der Waals surface area (Å²) >= 11 is 0. The van der Waals surface area contributed by atoms with Crippen LogP contribution in [0.4, 0.5) is 0 Å². The number of amides is 1. The number of rotatable bonds is 8. The molecule has 26 heavy (non-hydrogen) atoms. The smallest absolute Gasteiger partial charge is 0.242 e. The third-order valence-electron chi connectivity index (χ3n) is 4.94. The molecule has 1 aromatic rings. The zero-order valence-corrected chi connectivity index (χ0v) is 16.8. The summed E-state index contributed by atoms with van der Waals surface area (Å²) in [5, 5.41) is 2.91. The second kappa shape index (κ2) is 9.48. The number of hydrogen-bond donors (Lipinski definition) is 1. The van der Waals surface area contributed by atoms with E-state index in [4.69, 9.17) is 0 Å². The summed E-state index contributed by atoms with van der Waals surface area (Å²) in [6, 6.07) is 8.17. The Morgan fingerprint density at radius 1 is 1.35 bits per heavy atom. The van der Waals surface area contributed by atoms with Gasteiger partial charge in [0.2, 0.25) is 15.9 Å². The molecule has 1 aliphatic heterocycles. The number of carbonyl (C=O) groups excluding carboxylic acids is 1. The Balaban J connectivity index is 1.92. The van der Waals surface area contributed by atoms with Crippen LogP contribution in [-0.2, 0) is 14.8 Å². The summed E-state index contributed by atoms with van der Waals surface area (Å²) in [5.74, 6) is 0.459. The number of piperidine rings is 1. The van der Waals surface area contributed by atoms with E-state index in [9.17, 15) is 13.2 Å². The summed E-state index contributed by atoms with van der Waals surface area (Å²) in [6.07, 6.45) is 4.52. The molecular formula is C19H31N3O3S. The highest BCUT2D eigenvalue weighted by atomic mass is 32.2. The van der Waals surface area contributed by atoms with Crippen LogP contribution in [0.5, 0.6) is 0 Å². The van der Waals surface area contributed by atoms with Crippen molar-refractivity contribution in [1.29, 1.82) is 0 Å². The number of likely N-dealkylation sites (N-methyl/N-ethyl adjacent to an activating group) is 1. The summed E-state index contributed by atoms with van der Waals surface area (Å²) < 4.78 is 25.0. The maximum atomic E-state index is 12.7. The van der Waals surface area contributed by atoms with Crippen molar-refractivity contribution in [2.24, 2.45) is 5.92 Å². The molecule has 1 amide bonds. The lowest BCUT2D eigenvalue weighted by atomic mass is 10.0. The van der Waals surface area contributed by atoms with Gasteiger partial charge in [0.05, 0.1) is 6.26 Å². The fourth-order valence-electron chi connectivity index (χ4n) is 3.45. The largest absolute Gasteiger partial charge is 0.354 e. The molecule has 6 nitrogen and oxygen atoms in total. The van der Waals surface area contributed by atoms with Gasteiger partial charge in [0, 0.05) is 20.1 Å². The van der Waals surface area contributed by atoms with E-state index in [2.05, 4.69) is 17.1 Å². The van der Waals surface area contributed by atoms with E-state index in [-0.39, 0.29) is 5.91 Å². The molecule has 0 saturated carbocycles. The first kappa shape index (κ1) is 20.9. The Morgan fingerprint density at radius 3 is 2.65 bits per heavy atom. The lowest BCUT2D eigenvalue weighted by Gasteiger charge is -2.31. The minimum Gasteiger partial charge on any atom is -0.354 e. The van der Waals surface area contributed by atoms with Crippen LogP contribution in [0.15, 0.2) is 30.3 Å². The third-order valence-corrected chi connectivity index (χ3v) is 6.20. The van der Waals surface area contributed by atoms with Gasteiger partial charge in [-0.1, -0.05) is 37.3 Å². The van der Waals surface area contributed by atoms with Crippen molar-refractivity contribution in [3.8, 4) is 0 Å². The van der Waals surface area contributed by atoms with Gasteiger partial charge in [-0.15, -0.1) is 0 Å². The first-order valence-electron chi connectivity index (χ1n) is 9.27. The minimum atomic E-state index is -3.48. The number of benzene rings is 1. The van der Waals surface area contributed by atoms with Crippen LogP contribution < -0.4 is 5.32 Å². The van der Waals surface area contributed by atoms with E-state index in [0.29, 0.717) is 12.1 Å². The molecule has 7 heteroatoms. The van der Waals surface area contributed by atoms with E-state index in [0.717, 1.165) is 42.5 Å². The quantitative estimate of drug-likeness (QED) is 0.698. The Morgan fingerprint density at radius 2 is 2.04 bits per heavy atom.